The summed E-state index contributed by atoms with van der Waals surface area (Å²) in [6, 6.07) is 0. The van der Waals surface area contributed by atoms with Crippen molar-refractivity contribution in [2.24, 2.45) is 0 Å². The van der Waals surface area contributed by atoms with Crippen LogP contribution in [0.15, 0.2) is 37.7 Å². The van der Waals surface area contributed by atoms with Crippen LogP contribution in [-0.2, 0) is 9.53 Å². The van der Waals surface area contributed by atoms with Crippen LogP contribution in [0, 0.1) is 0 Å². The van der Waals surface area contributed by atoms with Crippen LogP contribution in [0.25, 0.3) is 0 Å². The van der Waals surface area contributed by atoms with Gasteiger partial charge >= 0.3 is 18.1 Å². The molecule has 0 aliphatic heterocycles. The molecule has 0 rings (SSSR count). The van der Waals surface area contributed by atoms with E-state index in [0.717, 1.165) is 12.3 Å². The molecule has 2 nitrogen and oxygen atoms in total. The van der Waals surface area contributed by atoms with Crippen molar-refractivity contribution >= 4 is 5.97 Å². The second-order valence-corrected chi connectivity index (χ2v) is 1.33. The first-order valence-corrected chi connectivity index (χ1v) is 2.76. The summed E-state index contributed by atoms with van der Waals surface area (Å²) >= 11 is 0. The highest BCUT2D eigenvalue weighted by Gasteiger charge is 1.98. The maximum atomic E-state index is 10.3. The minimum atomic E-state index is -2.91. The highest BCUT2D eigenvalue weighted by Crippen LogP contribution is 2.08. The highest BCUT2D eigenvalue weighted by atomic mass is 19.3. The minimum absolute atomic E-state index is 0. The van der Waals surface area contributed by atoms with Gasteiger partial charge < -0.3 is 4.74 Å². The average molecular weight is 218 g/mol. The van der Waals surface area contributed by atoms with E-state index in [-0.39, 0.29) is 4.70 Å². The smallest absolute Gasteiger partial charge is 0.334 e. The Morgan fingerprint density at radius 2 is 1.43 bits per heavy atom. The Morgan fingerprint density at radius 3 is 1.50 bits per heavy atom. The summed E-state index contributed by atoms with van der Waals surface area (Å²) < 4.78 is 45.3. The van der Waals surface area contributed by atoms with Crippen LogP contribution >= 0.6 is 0 Å². The lowest BCUT2D eigenvalue weighted by Crippen LogP contribution is -1.90. The molecule has 0 amide bonds. The molecule has 14 heavy (non-hydrogen) atoms. The lowest BCUT2D eigenvalue weighted by Gasteiger charge is -1.85. The highest BCUT2D eigenvalue weighted by molar-refractivity contribution is 5.81. The molecule has 7 heteroatoms. The predicted molar refractivity (Wildman–Crippen MR) is 40.4 cm³/mol. The first-order valence-electron chi connectivity index (χ1n) is 2.76. The summed E-state index contributed by atoms with van der Waals surface area (Å²) in [5.74, 6) is -0.477. The molecule has 0 saturated carbocycles. The Kier molecular flexibility index (Phi) is 14.7. The van der Waals surface area contributed by atoms with E-state index in [0.29, 0.717) is 0 Å². The van der Waals surface area contributed by atoms with Crippen LogP contribution in [0.3, 0.4) is 0 Å². The summed E-state index contributed by atoms with van der Waals surface area (Å²) in [6.07, 6.45) is -3.68. The van der Waals surface area contributed by atoms with Crippen molar-refractivity contribution in [1.82, 2.24) is 0 Å². The standard InChI is InChI=1S/C5H6O2.C2F4.FH/c1-3-5(6)7-4-2;3-1(4)2(5)6;/h3-4H,1-2H2;;1H. The van der Waals surface area contributed by atoms with Gasteiger partial charge in [0, 0.05) is 6.08 Å². The van der Waals surface area contributed by atoms with E-state index in [1.807, 2.05) is 0 Å². The number of ether oxygens (including phenoxy) is 1. The molecule has 0 bridgehead atoms. The average Bonchev–Trinajstić information content (AvgIpc) is 2.05. The predicted octanol–water partition coefficient (Wildman–Crippen LogP) is 3.00. The fourth-order valence-electron chi connectivity index (χ4n) is 0.130. The van der Waals surface area contributed by atoms with Gasteiger partial charge in [-0.05, 0) is 0 Å². The van der Waals surface area contributed by atoms with Crippen LogP contribution < -0.4 is 0 Å². The number of carbonyl (C=O) groups is 1. The van der Waals surface area contributed by atoms with Crippen molar-refractivity contribution in [1.29, 1.82) is 0 Å². The largest absolute Gasteiger partial charge is 0.432 e. The lowest BCUT2D eigenvalue weighted by atomic mass is 10.7. The van der Waals surface area contributed by atoms with E-state index in [1.165, 1.54) is 0 Å². The van der Waals surface area contributed by atoms with E-state index >= 15 is 0 Å². The molecule has 0 unspecified atom stereocenters. The summed E-state index contributed by atoms with van der Waals surface area (Å²) in [4.78, 5) is 10.0. The molecular weight excluding hydrogens is 211 g/mol. The first kappa shape index (κ1) is 18.2. The number of hydrogen-bond acceptors (Lipinski definition) is 2. The molecule has 0 aliphatic rings. The summed E-state index contributed by atoms with van der Waals surface area (Å²) in [6.45, 7) is 6.31. The molecule has 0 aromatic carbocycles. The van der Waals surface area contributed by atoms with E-state index in [9.17, 15) is 22.4 Å². The zero-order chi connectivity index (χ0) is 10.9. The van der Waals surface area contributed by atoms with E-state index in [1.54, 1.807) is 0 Å². The molecule has 0 aliphatic carbocycles. The Balaban J connectivity index is -0.000000163. The zero-order valence-electron chi connectivity index (χ0n) is 6.81. The molecule has 0 saturated heterocycles. The molecule has 0 aromatic heterocycles. The van der Waals surface area contributed by atoms with Crippen molar-refractivity contribution < 1.29 is 31.8 Å². The molecule has 0 heterocycles. The number of halogens is 5. The molecular formula is C7H7F5O2. The Bertz CT molecular complexity index is 206. The Morgan fingerprint density at radius 1 is 1.07 bits per heavy atom. The quantitative estimate of drug-likeness (QED) is 0.308. The van der Waals surface area contributed by atoms with Crippen LogP contribution in [0.5, 0.6) is 0 Å². The van der Waals surface area contributed by atoms with Crippen molar-refractivity contribution in [2.75, 3.05) is 0 Å². The summed E-state index contributed by atoms with van der Waals surface area (Å²) in [7, 11) is 0. The Hall–Kier alpha value is -1.66. The van der Waals surface area contributed by atoms with Gasteiger partial charge in [-0.15, -0.1) is 0 Å². The van der Waals surface area contributed by atoms with Crippen LogP contribution in [0.4, 0.5) is 22.3 Å². The van der Waals surface area contributed by atoms with Gasteiger partial charge in [0.05, 0.1) is 6.26 Å². The van der Waals surface area contributed by atoms with Crippen LogP contribution in [0.1, 0.15) is 0 Å². The van der Waals surface area contributed by atoms with E-state index in [4.69, 9.17) is 0 Å². The monoisotopic (exact) mass is 218 g/mol. The fourth-order valence-corrected chi connectivity index (χ4v) is 0.130. The maximum absolute atomic E-state index is 10.3. The van der Waals surface area contributed by atoms with Crippen molar-refractivity contribution in [2.45, 2.75) is 0 Å². The molecule has 0 spiro atoms. The van der Waals surface area contributed by atoms with Gasteiger partial charge in [-0.1, -0.05) is 13.2 Å². The number of carbonyl (C=O) groups excluding carboxylic acids is 1. The van der Waals surface area contributed by atoms with E-state index in [2.05, 4.69) is 17.9 Å². The summed E-state index contributed by atoms with van der Waals surface area (Å²) in [5.41, 5.74) is 0. The Labute approximate surface area is 76.5 Å². The molecule has 0 atom stereocenters. The van der Waals surface area contributed by atoms with Gasteiger partial charge in [-0.3, -0.25) is 4.70 Å². The van der Waals surface area contributed by atoms with Crippen LogP contribution in [0.2, 0.25) is 0 Å². The number of esters is 1. The molecule has 0 radical (unpaired) electrons. The fraction of sp³-hybridized carbons (Fsp3) is 0. The topological polar surface area (TPSA) is 26.3 Å². The SMILES string of the molecule is C=COC(=O)C=C.F.FC(F)=C(F)F. The molecule has 0 aromatic rings. The molecule has 0 N–H and O–H groups in total. The van der Waals surface area contributed by atoms with Gasteiger partial charge in [-0.25, -0.2) is 4.79 Å². The van der Waals surface area contributed by atoms with Crippen molar-refractivity contribution in [3.8, 4) is 0 Å². The third-order valence-corrected chi connectivity index (χ3v) is 0.509. The second-order valence-electron chi connectivity index (χ2n) is 1.33. The lowest BCUT2D eigenvalue weighted by molar-refractivity contribution is -0.132. The van der Waals surface area contributed by atoms with Crippen molar-refractivity contribution in [3.05, 3.63) is 37.7 Å². The second kappa shape index (κ2) is 11.3. The molecule has 82 valence electrons. The van der Waals surface area contributed by atoms with Crippen molar-refractivity contribution in [3.63, 3.8) is 0 Å². The number of rotatable bonds is 2. The van der Waals surface area contributed by atoms with Crippen LogP contribution in [-0.4, -0.2) is 5.97 Å². The number of hydrogen-bond donors (Lipinski definition) is 0. The van der Waals surface area contributed by atoms with Gasteiger partial charge in [0.1, 0.15) is 0 Å². The first-order chi connectivity index (χ1) is 5.95. The minimum Gasteiger partial charge on any atom is -0.432 e. The summed E-state index contributed by atoms with van der Waals surface area (Å²) in [5, 5.41) is 0. The van der Waals surface area contributed by atoms with E-state index < -0.39 is 18.1 Å². The third kappa shape index (κ3) is 16.7. The maximum Gasteiger partial charge on any atom is 0.334 e. The van der Waals surface area contributed by atoms with Gasteiger partial charge in [-0.2, -0.15) is 17.6 Å². The third-order valence-electron chi connectivity index (χ3n) is 0.509. The molecule has 0 fully saturated rings. The zero-order valence-corrected chi connectivity index (χ0v) is 6.81. The normalized spacial score (nSPS) is 6.86. The van der Waals surface area contributed by atoms with Gasteiger partial charge in [0.15, 0.2) is 0 Å². The van der Waals surface area contributed by atoms with Gasteiger partial charge in [0.2, 0.25) is 0 Å². The van der Waals surface area contributed by atoms with Gasteiger partial charge in [0.25, 0.3) is 0 Å².